The van der Waals surface area contributed by atoms with E-state index < -0.39 is 24.6 Å². The fourth-order valence-corrected chi connectivity index (χ4v) is 2.52. The molecule has 2 rings (SSSR count). The van der Waals surface area contributed by atoms with Crippen LogP contribution in [0.3, 0.4) is 0 Å². The van der Waals surface area contributed by atoms with Crippen LogP contribution in [0.2, 0.25) is 0 Å². The highest BCUT2D eigenvalue weighted by Gasteiger charge is 2.53. The van der Waals surface area contributed by atoms with E-state index in [9.17, 15) is 4.79 Å². The molecular formula is C16H22O6. The third-order valence-corrected chi connectivity index (χ3v) is 3.41. The second kappa shape index (κ2) is 8.24. The molecule has 2 bridgehead atoms. The monoisotopic (exact) mass is 310 g/mol. The van der Waals surface area contributed by atoms with E-state index in [2.05, 4.69) is 19.7 Å². The lowest BCUT2D eigenvalue weighted by Crippen LogP contribution is -2.57. The summed E-state index contributed by atoms with van der Waals surface area (Å²) in [6.45, 7) is 11.8. The maximum absolute atomic E-state index is 11.9. The van der Waals surface area contributed by atoms with E-state index in [4.69, 9.17) is 23.7 Å². The number of esters is 1. The predicted octanol–water partition coefficient (Wildman–Crippen LogP) is 1.37. The van der Waals surface area contributed by atoms with Gasteiger partial charge >= 0.3 is 5.97 Å². The van der Waals surface area contributed by atoms with Crippen LogP contribution in [-0.4, -0.2) is 56.5 Å². The number of rotatable bonds is 9. The molecule has 5 atom stereocenters. The Morgan fingerprint density at radius 2 is 1.73 bits per heavy atom. The quantitative estimate of drug-likeness (QED) is 0.473. The van der Waals surface area contributed by atoms with Crippen molar-refractivity contribution in [3.8, 4) is 0 Å². The summed E-state index contributed by atoms with van der Waals surface area (Å²) >= 11 is 0. The molecular weight excluding hydrogens is 288 g/mol. The molecule has 0 aromatic rings. The normalized spacial score (nSPS) is 33.2. The van der Waals surface area contributed by atoms with Gasteiger partial charge in [0, 0.05) is 0 Å². The molecule has 2 aliphatic heterocycles. The fraction of sp³-hybridized carbons (Fsp3) is 0.562. The zero-order chi connectivity index (χ0) is 15.9. The van der Waals surface area contributed by atoms with Crippen molar-refractivity contribution in [2.75, 3.05) is 19.8 Å². The Kier molecular flexibility index (Phi) is 6.33. The van der Waals surface area contributed by atoms with Gasteiger partial charge in [-0.1, -0.05) is 18.2 Å². The van der Waals surface area contributed by atoms with Crippen molar-refractivity contribution < 1.29 is 28.5 Å². The molecule has 0 aliphatic carbocycles. The van der Waals surface area contributed by atoms with E-state index in [1.54, 1.807) is 12.2 Å². The highest BCUT2D eigenvalue weighted by Crippen LogP contribution is 2.33. The molecule has 2 heterocycles. The molecule has 0 radical (unpaired) electrons. The van der Waals surface area contributed by atoms with Gasteiger partial charge in [-0.15, -0.1) is 19.7 Å². The summed E-state index contributed by atoms with van der Waals surface area (Å²) < 4.78 is 28.3. The second-order valence-corrected chi connectivity index (χ2v) is 5.00. The lowest BCUT2D eigenvalue weighted by molar-refractivity contribution is -0.254. The Balaban J connectivity index is 2.15. The van der Waals surface area contributed by atoms with Gasteiger partial charge in [-0.3, -0.25) is 4.79 Å². The van der Waals surface area contributed by atoms with Crippen molar-refractivity contribution >= 4 is 5.97 Å². The van der Waals surface area contributed by atoms with Crippen molar-refractivity contribution in [1.82, 2.24) is 0 Å². The fourth-order valence-electron chi connectivity index (χ4n) is 2.52. The molecule has 0 saturated carbocycles. The minimum absolute atomic E-state index is 0.121. The second-order valence-electron chi connectivity index (χ2n) is 5.00. The van der Waals surface area contributed by atoms with E-state index in [1.807, 2.05) is 0 Å². The molecule has 6 heteroatoms. The van der Waals surface area contributed by atoms with Gasteiger partial charge in [0.15, 0.2) is 12.4 Å². The topological polar surface area (TPSA) is 63.2 Å². The summed E-state index contributed by atoms with van der Waals surface area (Å²) in [5, 5.41) is 0. The molecule has 2 aliphatic rings. The lowest BCUT2D eigenvalue weighted by atomic mass is 10.00. The summed E-state index contributed by atoms with van der Waals surface area (Å²) in [5.41, 5.74) is 0. The van der Waals surface area contributed by atoms with Crippen molar-refractivity contribution in [1.29, 1.82) is 0 Å². The number of hydrogen-bond donors (Lipinski definition) is 0. The number of carbonyl (C=O) groups excluding carboxylic acids is 1. The van der Waals surface area contributed by atoms with Gasteiger partial charge in [0.1, 0.15) is 18.3 Å². The largest absolute Gasteiger partial charge is 0.456 e. The number of fused-ring (bicyclic) bond motifs is 2. The van der Waals surface area contributed by atoms with Gasteiger partial charge in [0.25, 0.3) is 0 Å². The molecule has 0 N–H and O–H groups in total. The molecule has 6 nitrogen and oxygen atoms in total. The van der Waals surface area contributed by atoms with Crippen molar-refractivity contribution in [2.24, 2.45) is 0 Å². The molecule has 22 heavy (non-hydrogen) atoms. The van der Waals surface area contributed by atoms with Crippen molar-refractivity contribution in [2.45, 2.75) is 37.1 Å². The molecule has 0 spiro atoms. The van der Waals surface area contributed by atoms with Crippen molar-refractivity contribution in [3.63, 3.8) is 0 Å². The van der Waals surface area contributed by atoms with Crippen LogP contribution in [0.1, 0.15) is 6.42 Å². The Labute approximate surface area is 130 Å². The van der Waals surface area contributed by atoms with Crippen LogP contribution in [0.4, 0.5) is 0 Å². The lowest BCUT2D eigenvalue weighted by Gasteiger charge is -2.39. The van der Waals surface area contributed by atoms with Crippen LogP contribution in [0.5, 0.6) is 0 Å². The van der Waals surface area contributed by atoms with Crippen LogP contribution < -0.4 is 0 Å². The summed E-state index contributed by atoms with van der Waals surface area (Å²) in [7, 11) is 0. The standard InChI is InChI=1S/C16H22O6/c1-4-7-12(17)22-14-13(18-8-5-2)11-10-20-16(21-11)15(14)19-9-6-3/h4-6,11,13-16H,1-3,7-10H2. The van der Waals surface area contributed by atoms with Crippen molar-refractivity contribution in [3.05, 3.63) is 38.0 Å². The van der Waals surface area contributed by atoms with Crippen LogP contribution in [-0.2, 0) is 28.5 Å². The smallest absolute Gasteiger partial charge is 0.310 e. The Morgan fingerprint density at radius 3 is 2.36 bits per heavy atom. The summed E-state index contributed by atoms with van der Waals surface area (Å²) in [5.74, 6) is -0.388. The van der Waals surface area contributed by atoms with E-state index in [0.717, 1.165) is 0 Å². The average Bonchev–Trinajstić information content (AvgIpc) is 2.92. The SMILES string of the molecule is C=CCOC1C2COC(O2)C(OCC=C)C1OC(=O)CC=C. The van der Waals surface area contributed by atoms with E-state index in [1.165, 1.54) is 6.08 Å². The minimum atomic E-state index is -0.612. The molecule has 5 unspecified atom stereocenters. The van der Waals surface area contributed by atoms with Crippen LogP contribution in [0, 0.1) is 0 Å². The highest BCUT2D eigenvalue weighted by molar-refractivity contribution is 5.71. The number of carbonyl (C=O) groups is 1. The predicted molar refractivity (Wildman–Crippen MR) is 79.2 cm³/mol. The summed E-state index contributed by atoms with van der Waals surface area (Å²) in [6.07, 6.45) is 2.33. The van der Waals surface area contributed by atoms with Crippen LogP contribution >= 0.6 is 0 Å². The van der Waals surface area contributed by atoms with Gasteiger partial charge in [0.05, 0.1) is 26.2 Å². The Hall–Kier alpha value is -1.47. The first-order valence-corrected chi connectivity index (χ1v) is 7.23. The first-order valence-electron chi connectivity index (χ1n) is 7.23. The zero-order valence-corrected chi connectivity index (χ0v) is 12.5. The van der Waals surface area contributed by atoms with Crippen LogP contribution in [0.15, 0.2) is 38.0 Å². The molecule has 0 amide bonds. The van der Waals surface area contributed by atoms with Gasteiger partial charge in [-0.05, 0) is 0 Å². The molecule has 122 valence electrons. The van der Waals surface area contributed by atoms with Gasteiger partial charge in [-0.2, -0.15) is 0 Å². The zero-order valence-electron chi connectivity index (χ0n) is 12.5. The summed E-state index contributed by atoms with van der Waals surface area (Å²) in [6, 6.07) is 0. The molecule has 2 fully saturated rings. The van der Waals surface area contributed by atoms with Gasteiger partial charge in [0.2, 0.25) is 0 Å². The van der Waals surface area contributed by atoms with E-state index >= 15 is 0 Å². The Bertz CT molecular complexity index is 395. The third kappa shape index (κ3) is 3.84. The first kappa shape index (κ1) is 16.9. The molecule has 0 aromatic heterocycles. The van der Waals surface area contributed by atoms with E-state index in [-0.39, 0.29) is 18.5 Å². The maximum atomic E-state index is 11.9. The number of hydrogen-bond acceptors (Lipinski definition) is 6. The van der Waals surface area contributed by atoms with Gasteiger partial charge in [-0.25, -0.2) is 0 Å². The highest BCUT2D eigenvalue weighted by atomic mass is 16.8. The van der Waals surface area contributed by atoms with Gasteiger partial charge < -0.3 is 23.7 Å². The van der Waals surface area contributed by atoms with Crippen LogP contribution in [0.25, 0.3) is 0 Å². The number of ether oxygens (including phenoxy) is 5. The Morgan fingerprint density at radius 1 is 1.05 bits per heavy atom. The third-order valence-electron chi connectivity index (χ3n) is 3.41. The minimum Gasteiger partial charge on any atom is -0.456 e. The van der Waals surface area contributed by atoms with E-state index in [0.29, 0.717) is 19.8 Å². The molecule has 2 saturated heterocycles. The first-order chi connectivity index (χ1) is 10.7. The molecule has 0 aromatic carbocycles. The average molecular weight is 310 g/mol. The summed E-state index contributed by atoms with van der Waals surface area (Å²) in [4.78, 5) is 11.9. The maximum Gasteiger partial charge on any atom is 0.310 e.